The number of H-pyrrole nitrogens is 1. The predicted molar refractivity (Wildman–Crippen MR) is 97.8 cm³/mol. The molecule has 25 heavy (non-hydrogen) atoms. The Bertz CT molecular complexity index is 1040. The molecule has 5 nitrogen and oxygen atoms in total. The molecule has 0 fully saturated rings. The van der Waals surface area contributed by atoms with Crippen LogP contribution in [0.2, 0.25) is 0 Å². The van der Waals surface area contributed by atoms with Crippen LogP contribution in [-0.2, 0) is 9.53 Å². The first-order valence-electron chi connectivity index (χ1n) is 8.02. The monoisotopic (exact) mass is 331 g/mol. The fourth-order valence-electron chi connectivity index (χ4n) is 2.87. The summed E-state index contributed by atoms with van der Waals surface area (Å²) in [7, 11) is 0. The average Bonchev–Trinajstić information content (AvgIpc) is 3.15. The van der Waals surface area contributed by atoms with Crippen molar-refractivity contribution < 1.29 is 9.53 Å². The lowest BCUT2D eigenvalue weighted by molar-refractivity contribution is -0.112. The molecule has 1 aromatic carbocycles. The third kappa shape index (κ3) is 2.92. The number of aromatic amines is 1. The van der Waals surface area contributed by atoms with Gasteiger partial charge in [-0.05, 0) is 43.7 Å². The highest BCUT2D eigenvalue weighted by Gasteiger charge is 2.21. The second kappa shape index (κ2) is 5.94. The van der Waals surface area contributed by atoms with Crippen LogP contribution in [0.4, 0.5) is 5.69 Å². The van der Waals surface area contributed by atoms with Gasteiger partial charge in [-0.1, -0.05) is 17.7 Å². The quantitative estimate of drug-likeness (QED) is 0.710. The first-order valence-corrected chi connectivity index (χ1v) is 8.02. The standard InChI is InChI=1S/C20H17N3O2/c1-12-5-6-16(13(2)8-12)23-19-10-17(24)18(25-19)9-14-11-22-20-15(14)4-3-7-21-20/h3-11,23H,1-2H3,(H,21,22)/b18-9+. The van der Waals surface area contributed by atoms with Gasteiger partial charge in [0.2, 0.25) is 11.7 Å². The van der Waals surface area contributed by atoms with Crippen LogP contribution in [-0.4, -0.2) is 15.8 Å². The van der Waals surface area contributed by atoms with Crippen molar-refractivity contribution in [3.8, 4) is 0 Å². The van der Waals surface area contributed by atoms with Crippen LogP contribution in [0.3, 0.4) is 0 Å². The number of ether oxygens (including phenoxy) is 1. The smallest absolute Gasteiger partial charge is 0.226 e. The van der Waals surface area contributed by atoms with E-state index < -0.39 is 0 Å². The molecular formula is C20H17N3O2. The molecule has 0 aliphatic carbocycles. The van der Waals surface area contributed by atoms with Crippen molar-refractivity contribution in [2.75, 3.05) is 5.32 Å². The number of hydrogen-bond acceptors (Lipinski definition) is 4. The van der Waals surface area contributed by atoms with Crippen molar-refractivity contribution in [1.29, 1.82) is 0 Å². The second-order valence-electron chi connectivity index (χ2n) is 6.07. The van der Waals surface area contributed by atoms with Crippen molar-refractivity contribution in [1.82, 2.24) is 9.97 Å². The summed E-state index contributed by atoms with van der Waals surface area (Å²) in [4.78, 5) is 19.6. The average molecular weight is 331 g/mol. The molecule has 0 saturated carbocycles. The number of hydrogen-bond donors (Lipinski definition) is 2. The number of pyridine rings is 1. The van der Waals surface area contributed by atoms with Gasteiger partial charge >= 0.3 is 0 Å². The molecule has 2 aromatic heterocycles. The Morgan fingerprint density at radius 3 is 2.96 bits per heavy atom. The summed E-state index contributed by atoms with van der Waals surface area (Å²) >= 11 is 0. The van der Waals surface area contributed by atoms with E-state index >= 15 is 0 Å². The number of nitrogens with zero attached hydrogens (tertiary/aromatic N) is 1. The van der Waals surface area contributed by atoms with E-state index in [1.165, 1.54) is 11.6 Å². The molecule has 0 radical (unpaired) electrons. The Labute approximate surface area is 145 Å². The molecule has 0 atom stereocenters. The van der Waals surface area contributed by atoms with Crippen LogP contribution >= 0.6 is 0 Å². The number of anilines is 1. The van der Waals surface area contributed by atoms with Crippen LogP contribution in [0, 0.1) is 13.8 Å². The number of aromatic nitrogens is 2. The third-order valence-electron chi connectivity index (χ3n) is 4.13. The maximum Gasteiger partial charge on any atom is 0.226 e. The van der Waals surface area contributed by atoms with Gasteiger partial charge in [0, 0.05) is 29.0 Å². The Balaban J connectivity index is 1.58. The number of nitrogens with one attached hydrogen (secondary N) is 2. The highest BCUT2D eigenvalue weighted by atomic mass is 16.5. The fourth-order valence-corrected chi connectivity index (χ4v) is 2.87. The summed E-state index contributed by atoms with van der Waals surface area (Å²) in [5, 5.41) is 4.12. The molecule has 5 heteroatoms. The van der Waals surface area contributed by atoms with Gasteiger partial charge in [0.1, 0.15) is 5.65 Å². The number of rotatable bonds is 3. The minimum Gasteiger partial charge on any atom is -0.437 e. The number of ketones is 1. The summed E-state index contributed by atoms with van der Waals surface area (Å²) in [6.07, 6.45) is 6.74. The maximum absolute atomic E-state index is 12.2. The van der Waals surface area contributed by atoms with Crippen LogP contribution < -0.4 is 5.32 Å². The summed E-state index contributed by atoms with van der Waals surface area (Å²) in [6.45, 7) is 4.06. The van der Waals surface area contributed by atoms with Crippen molar-refractivity contribution >= 4 is 28.6 Å². The van der Waals surface area contributed by atoms with Crippen LogP contribution in [0.25, 0.3) is 17.1 Å². The van der Waals surface area contributed by atoms with E-state index in [2.05, 4.69) is 21.4 Å². The lowest BCUT2D eigenvalue weighted by Gasteiger charge is -2.10. The molecule has 2 N–H and O–H groups in total. The van der Waals surface area contributed by atoms with Crippen molar-refractivity contribution in [2.45, 2.75) is 13.8 Å². The molecule has 0 unspecified atom stereocenters. The Morgan fingerprint density at radius 2 is 2.12 bits per heavy atom. The fraction of sp³-hybridized carbons (Fsp3) is 0.100. The van der Waals surface area contributed by atoms with Crippen LogP contribution in [0.5, 0.6) is 0 Å². The van der Waals surface area contributed by atoms with Gasteiger partial charge in [0.05, 0.1) is 6.08 Å². The SMILES string of the molecule is Cc1ccc(NC2=CC(=O)/C(=C\c3c[nH]c4ncccc34)O2)c(C)c1. The van der Waals surface area contributed by atoms with E-state index in [0.29, 0.717) is 5.88 Å². The normalized spacial score (nSPS) is 15.5. The van der Waals surface area contributed by atoms with Crippen molar-refractivity contribution in [3.05, 3.63) is 77.1 Å². The van der Waals surface area contributed by atoms with Gasteiger partial charge in [-0.3, -0.25) is 4.79 Å². The molecule has 1 aliphatic rings. The molecule has 1 aliphatic heterocycles. The van der Waals surface area contributed by atoms with Gasteiger partial charge < -0.3 is 15.0 Å². The van der Waals surface area contributed by atoms with Gasteiger partial charge in [0.25, 0.3) is 0 Å². The van der Waals surface area contributed by atoms with Crippen LogP contribution in [0.15, 0.2) is 60.4 Å². The number of allylic oxidation sites excluding steroid dienone is 1. The lowest BCUT2D eigenvalue weighted by Crippen LogP contribution is -2.01. The molecule has 0 bridgehead atoms. The molecular weight excluding hydrogens is 314 g/mol. The van der Waals surface area contributed by atoms with Crippen molar-refractivity contribution in [2.24, 2.45) is 0 Å². The number of carbonyl (C=O) groups excluding carboxylic acids is 1. The lowest BCUT2D eigenvalue weighted by atomic mass is 10.1. The zero-order chi connectivity index (χ0) is 17.4. The van der Waals surface area contributed by atoms with E-state index in [0.717, 1.165) is 27.8 Å². The second-order valence-corrected chi connectivity index (χ2v) is 6.07. The molecule has 3 heterocycles. The molecule has 0 amide bonds. The zero-order valence-electron chi connectivity index (χ0n) is 14.0. The molecule has 3 aromatic rings. The van der Waals surface area contributed by atoms with E-state index in [-0.39, 0.29) is 11.5 Å². The number of aryl methyl sites for hydroxylation is 2. The van der Waals surface area contributed by atoms with E-state index in [4.69, 9.17) is 4.74 Å². The Kier molecular flexibility index (Phi) is 3.61. The van der Waals surface area contributed by atoms with Gasteiger partial charge in [0.15, 0.2) is 5.76 Å². The highest BCUT2D eigenvalue weighted by Crippen LogP contribution is 2.26. The van der Waals surface area contributed by atoms with Crippen molar-refractivity contribution in [3.63, 3.8) is 0 Å². The topological polar surface area (TPSA) is 67.0 Å². The molecule has 4 rings (SSSR count). The van der Waals surface area contributed by atoms with Gasteiger partial charge in [-0.2, -0.15) is 0 Å². The van der Waals surface area contributed by atoms with Gasteiger partial charge in [-0.15, -0.1) is 0 Å². The number of carbonyl (C=O) groups is 1. The van der Waals surface area contributed by atoms with E-state index in [9.17, 15) is 4.79 Å². The first kappa shape index (κ1) is 15.2. The summed E-state index contributed by atoms with van der Waals surface area (Å²) in [5.41, 5.74) is 4.85. The maximum atomic E-state index is 12.2. The number of benzene rings is 1. The Hall–Kier alpha value is -3.34. The molecule has 0 saturated heterocycles. The summed E-state index contributed by atoms with van der Waals surface area (Å²) in [5.74, 6) is 0.559. The largest absolute Gasteiger partial charge is 0.437 e. The summed E-state index contributed by atoms with van der Waals surface area (Å²) in [6, 6.07) is 9.89. The van der Waals surface area contributed by atoms with E-state index in [1.54, 1.807) is 12.3 Å². The molecule has 124 valence electrons. The van der Waals surface area contributed by atoms with Gasteiger partial charge in [-0.25, -0.2) is 4.98 Å². The summed E-state index contributed by atoms with van der Waals surface area (Å²) < 4.78 is 5.71. The van der Waals surface area contributed by atoms with Crippen LogP contribution in [0.1, 0.15) is 16.7 Å². The number of fused-ring (bicyclic) bond motifs is 1. The predicted octanol–water partition coefficient (Wildman–Crippen LogP) is 4.07. The highest BCUT2D eigenvalue weighted by molar-refractivity contribution is 6.09. The molecule has 0 spiro atoms. The first-order chi connectivity index (χ1) is 12.1. The zero-order valence-corrected chi connectivity index (χ0v) is 14.0. The third-order valence-corrected chi connectivity index (χ3v) is 4.13. The van der Waals surface area contributed by atoms with E-state index in [1.807, 2.05) is 44.3 Å². The minimum absolute atomic E-state index is 0.162. The minimum atomic E-state index is -0.162. The Morgan fingerprint density at radius 1 is 1.24 bits per heavy atom.